The van der Waals surface area contributed by atoms with E-state index in [2.05, 4.69) is 30.1 Å². The molecule has 1 aromatic heterocycles. The van der Waals surface area contributed by atoms with Crippen LogP contribution in [-0.4, -0.2) is 52.8 Å². The van der Waals surface area contributed by atoms with Gasteiger partial charge in [0.15, 0.2) is 0 Å². The molecule has 3 fully saturated rings. The standard InChI is InChI=1S/C26H41N3O3/c1-3-5-15-29-24(30)23(18-20-9-7-6-8-10-20)27-25(31)26(29)13-16-28(17-14-26)19-22-12-11-21(4-2)32-22/h11-12,20,23H,3-10,13-19H2,1-2H3,(H,27,31). The van der Waals surface area contributed by atoms with Crippen LogP contribution in [0.1, 0.15) is 89.6 Å². The minimum absolute atomic E-state index is 0.0833. The summed E-state index contributed by atoms with van der Waals surface area (Å²) < 4.78 is 5.89. The summed E-state index contributed by atoms with van der Waals surface area (Å²) in [6.07, 6.45) is 11.3. The van der Waals surface area contributed by atoms with Gasteiger partial charge in [0, 0.05) is 26.1 Å². The summed E-state index contributed by atoms with van der Waals surface area (Å²) in [6.45, 7) is 7.32. The Labute approximate surface area is 193 Å². The molecule has 0 aromatic carbocycles. The van der Waals surface area contributed by atoms with E-state index in [1.807, 2.05) is 11.0 Å². The lowest BCUT2D eigenvalue weighted by molar-refractivity contribution is -0.162. The molecule has 1 spiro atoms. The summed E-state index contributed by atoms with van der Waals surface area (Å²) in [5.41, 5.74) is -0.677. The Bertz CT molecular complexity index is 775. The van der Waals surface area contributed by atoms with E-state index in [1.165, 1.54) is 32.1 Å². The lowest BCUT2D eigenvalue weighted by Gasteiger charge is -2.52. The van der Waals surface area contributed by atoms with Crippen molar-refractivity contribution >= 4 is 11.8 Å². The highest BCUT2D eigenvalue weighted by atomic mass is 16.3. The van der Waals surface area contributed by atoms with Crippen molar-refractivity contribution < 1.29 is 14.0 Å². The van der Waals surface area contributed by atoms with Crippen LogP contribution < -0.4 is 5.32 Å². The maximum atomic E-state index is 13.6. The van der Waals surface area contributed by atoms with Gasteiger partial charge in [-0.2, -0.15) is 0 Å². The van der Waals surface area contributed by atoms with Crippen molar-refractivity contribution in [3.05, 3.63) is 23.7 Å². The Hall–Kier alpha value is -1.82. The smallest absolute Gasteiger partial charge is 0.246 e. The van der Waals surface area contributed by atoms with Crippen LogP contribution in [-0.2, 0) is 22.6 Å². The second-order valence-electron chi connectivity index (χ2n) is 10.1. The predicted molar refractivity (Wildman–Crippen MR) is 125 cm³/mol. The maximum Gasteiger partial charge on any atom is 0.246 e. The van der Waals surface area contributed by atoms with Gasteiger partial charge in [0.25, 0.3) is 0 Å². The molecule has 1 aliphatic carbocycles. The van der Waals surface area contributed by atoms with Crippen molar-refractivity contribution in [3.63, 3.8) is 0 Å². The summed E-state index contributed by atoms with van der Waals surface area (Å²) in [5.74, 6) is 2.82. The number of nitrogens with one attached hydrogen (secondary N) is 1. The molecular weight excluding hydrogens is 402 g/mol. The highest BCUT2D eigenvalue weighted by Crippen LogP contribution is 2.36. The summed E-state index contributed by atoms with van der Waals surface area (Å²) in [5, 5.41) is 3.19. The van der Waals surface area contributed by atoms with Gasteiger partial charge < -0.3 is 14.6 Å². The average Bonchev–Trinajstić information content (AvgIpc) is 3.27. The van der Waals surface area contributed by atoms with Crippen molar-refractivity contribution in [2.75, 3.05) is 19.6 Å². The van der Waals surface area contributed by atoms with Gasteiger partial charge in [0.05, 0.1) is 6.54 Å². The second-order valence-corrected chi connectivity index (χ2v) is 10.1. The molecule has 4 rings (SSSR count). The van der Waals surface area contributed by atoms with Crippen molar-refractivity contribution in [1.29, 1.82) is 0 Å². The van der Waals surface area contributed by atoms with Gasteiger partial charge in [0.1, 0.15) is 23.1 Å². The first kappa shape index (κ1) is 23.3. The molecule has 2 amide bonds. The quantitative estimate of drug-likeness (QED) is 0.651. The predicted octanol–water partition coefficient (Wildman–Crippen LogP) is 4.27. The molecule has 3 aliphatic rings. The van der Waals surface area contributed by atoms with Crippen LogP contribution >= 0.6 is 0 Å². The molecule has 1 N–H and O–H groups in total. The molecule has 1 unspecified atom stereocenters. The number of carbonyl (C=O) groups is 2. The van der Waals surface area contributed by atoms with Gasteiger partial charge in [-0.1, -0.05) is 52.4 Å². The van der Waals surface area contributed by atoms with Gasteiger partial charge in [-0.15, -0.1) is 0 Å². The second kappa shape index (κ2) is 10.4. The third kappa shape index (κ3) is 4.90. The van der Waals surface area contributed by atoms with E-state index in [9.17, 15) is 9.59 Å². The molecule has 1 atom stereocenters. The first-order valence-corrected chi connectivity index (χ1v) is 13.0. The van der Waals surface area contributed by atoms with E-state index in [0.717, 1.165) is 56.8 Å². The minimum Gasteiger partial charge on any atom is -0.465 e. The summed E-state index contributed by atoms with van der Waals surface area (Å²) >= 11 is 0. The zero-order valence-electron chi connectivity index (χ0n) is 20.0. The van der Waals surface area contributed by atoms with E-state index in [1.54, 1.807) is 0 Å². The minimum atomic E-state index is -0.677. The molecular formula is C26H41N3O3. The number of likely N-dealkylation sites (tertiary alicyclic amines) is 1. The molecule has 0 bridgehead atoms. The normalized spacial score (nSPS) is 24.8. The van der Waals surface area contributed by atoms with E-state index in [4.69, 9.17) is 4.42 Å². The van der Waals surface area contributed by atoms with Crippen LogP contribution in [0, 0.1) is 5.92 Å². The molecule has 2 saturated heterocycles. The van der Waals surface area contributed by atoms with Crippen molar-refractivity contribution in [3.8, 4) is 0 Å². The lowest BCUT2D eigenvalue weighted by Crippen LogP contribution is -2.73. The SMILES string of the molecule is CCCCN1C(=O)C(CC2CCCCC2)NC(=O)C12CCN(Cc1ccc(CC)o1)CC2. The molecule has 3 heterocycles. The molecule has 32 heavy (non-hydrogen) atoms. The number of piperazine rings is 1. The fraction of sp³-hybridized carbons (Fsp3) is 0.769. The fourth-order valence-corrected chi connectivity index (χ4v) is 5.93. The zero-order valence-corrected chi connectivity index (χ0v) is 20.0. The first-order chi connectivity index (χ1) is 15.6. The van der Waals surface area contributed by atoms with E-state index >= 15 is 0 Å². The van der Waals surface area contributed by atoms with Crippen molar-refractivity contribution in [1.82, 2.24) is 15.1 Å². The van der Waals surface area contributed by atoms with Gasteiger partial charge in [-0.05, 0) is 43.7 Å². The van der Waals surface area contributed by atoms with Crippen molar-refractivity contribution in [2.45, 2.75) is 103 Å². The molecule has 2 aliphatic heterocycles. The monoisotopic (exact) mass is 443 g/mol. The number of amides is 2. The number of aryl methyl sites for hydroxylation is 1. The highest BCUT2D eigenvalue weighted by molar-refractivity contribution is 6.00. The summed E-state index contributed by atoms with van der Waals surface area (Å²) in [7, 11) is 0. The van der Waals surface area contributed by atoms with Crippen LogP contribution in [0.5, 0.6) is 0 Å². The maximum absolute atomic E-state index is 13.6. The van der Waals surface area contributed by atoms with E-state index < -0.39 is 5.54 Å². The Morgan fingerprint density at radius 3 is 2.44 bits per heavy atom. The summed E-state index contributed by atoms with van der Waals surface area (Å²) in [6, 6.07) is 3.78. The topological polar surface area (TPSA) is 65.8 Å². The Kier molecular flexibility index (Phi) is 7.59. The third-order valence-electron chi connectivity index (χ3n) is 7.97. The Balaban J connectivity index is 1.43. The van der Waals surface area contributed by atoms with Crippen LogP contribution in [0.2, 0.25) is 0 Å². The van der Waals surface area contributed by atoms with Crippen LogP contribution in [0.25, 0.3) is 0 Å². The molecule has 6 nitrogen and oxygen atoms in total. The lowest BCUT2D eigenvalue weighted by atomic mass is 9.79. The number of nitrogens with zero attached hydrogens (tertiary/aromatic N) is 2. The number of piperidine rings is 1. The number of furan rings is 1. The fourth-order valence-electron chi connectivity index (χ4n) is 5.93. The largest absolute Gasteiger partial charge is 0.465 e. The van der Waals surface area contributed by atoms with E-state index in [0.29, 0.717) is 25.3 Å². The summed E-state index contributed by atoms with van der Waals surface area (Å²) in [4.78, 5) is 31.5. The number of hydrogen-bond donors (Lipinski definition) is 1. The first-order valence-electron chi connectivity index (χ1n) is 13.0. The number of carbonyl (C=O) groups excluding carboxylic acids is 2. The molecule has 6 heteroatoms. The number of unbranched alkanes of at least 4 members (excludes halogenated alkanes) is 1. The van der Waals surface area contributed by atoms with Crippen molar-refractivity contribution in [2.24, 2.45) is 5.92 Å². The van der Waals surface area contributed by atoms with Gasteiger partial charge in [-0.25, -0.2) is 0 Å². The van der Waals surface area contributed by atoms with E-state index in [-0.39, 0.29) is 17.9 Å². The highest BCUT2D eigenvalue weighted by Gasteiger charge is 2.53. The molecule has 1 aromatic rings. The Morgan fingerprint density at radius 2 is 1.78 bits per heavy atom. The molecule has 1 saturated carbocycles. The van der Waals surface area contributed by atoms with Crippen LogP contribution in [0.3, 0.4) is 0 Å². The third-order valence-corrected chi connectivity index (χ3v) is 7.97. The van der Waals surface area contributed by atoms with Gasteiger partial charge in [-0.3, -0.25) is 14.5 Å². The molecule has 0 radical (unpaired) electrons. The number of rotatable bonds is 8. The van der Waals surface area contributed by atoms with Gasteiger partial charge in [0.2, 0.25) is 11.8 Å². The molecule has 178 valence electrons. The van der Waals surface area contributed by atoms with Gasteiger partial charge >= 0.3 is 0 Å². The average molecular weight is 444 g/mol. The number of hydrogen-bond acceptors (Lipinski definition) is 4. The Morgan fingerprint density at radius 1 is 1.06 bits per heavy atom. The van der Waals surface area contributed by atoms with Crippen LogP contribution in [0.15, 0.2) is 16.5 Å². The van der Waals surface area contributed by atoms with Crippen LogP contribution in [0.4, 0.5) is 0 Å². The zero-order chi connectivity index (χ0) is 22.6.